The minimum atomic E-state index is -0.206. The zero-order valence-corrected chi connectivity index (χ0v) is 6.22. The van der Waals surface area contributed by atoms with E-state index in [2.05, 4.69) is 5.32 Å². The molecule has 3 heteroatoms. The molecule has 1 saturated heterocycles. The highest BCUT2D eigenvalue weighted by Gasteiger charge is 2.18. The third-order valence-corrected chi connectivity index (χ3v) is 1.60. The Kier molecular flexibility index (Phi) is 2.68. The Morgan fingerprint density at radius 1 is 1.80 bits per heavy atom. The normalized spacial score (nSPS) is 27.3. The number of hydrogen-bond donors (Lipinski definition) is 1. The number of carbonyl (C=O) groups is 1. The molecule has 1 aliphatic rings. The quantitative estimate of drug-likeness (QED) is 0.573. The molecule has 1 amide bonds. The van der Waals surface area contributed by atoms with E-state index in [4.69, 9.17) is 4.74 Å². The summed E-state index contributed by atoms with van der Waals surface area (Å²) in [6.45, 7) is 3.42. The summed E-state index contributed by atoms with van der Waals surface area (Å²) in [6, 6.07) is 0. The summed E-state index contributed by atoms with van der Waals surface area (Å²) in [7, 11) is 0. The van der Waals surface area contributed by atoms with E-state index in [0.29, 0.717) is 6.61 Å². The van der Waals surface area contributed by atoms with E-state index >= 15 is 0 Å². The molecule has 1 fully saturated rings. The highest BCUT2D eigenvalue weighted by molar-refractivity contribution is 5.80. The van der Waals surface area contributed by atoms with Gasteiger partial charge < -0.3 is 10.1 Å². The van der Waals surface area contributed by atoms with Gasteiger partial charge in [-0.05, 0) is 12.8 Å². The van der Waals surface area contributed by atoms with Gasteiger partial charge >= 0.3 is 0 Å². The lowest BCUT2D eigenvalue weighted by molar-refractivity contribution is -0.131. The van der Waals surface area contributed by atoms with Crippen LogP contribution in [0.2, 0.25) is 0 Å². The van der Waals surface area contributed by atoms with Crippen molar-refractivity contribution in [2.45, 2.75) is 25.9 Å². The zero-order valence-electron chi connectivity index (χ0n) is 6.22. The first-order valence-electron chi connectivity index (χ1n) is 3.74. The standard InChI is InChI=1S/C7H13NO2/c1-2-6-7(9)8-4-3-5-10-6/h6H,2-5H2,1H3,(H,8,9). The van der Waals surface area contributed by atoms with Crippen LogP contribution < -0.4 is 5.32 Å². The molecule has 1 N–H and O–H groups in total. The summed E-state index contributed by atoms with van der Waals surface area (Å²) < 4.78 is 5.25. The molecule has 0 aromatic heterocycles. The number of nitrogens with one attached hydrogen (secondary N) is 1. The van der Waals surface area contributed by atoms with Crippen LogP contribution in [-0.4, -0.2) is 25.2 Å². The third-order valence-electron chi connectivity index (χ3n) is 1.60. The Morgan fingerprint density at radius 2 is 2.60 bits per heavy atom. The average molecular weight is 143 g/mol. The first-order chi connectivity index (χ1) is 4.84. The van der Waals surface area contributed by atoms with Crippen molar-refractivity contribution in [2.24, 2.45) is 0 Å². The molecule has 0 radical (unpaired) electrons. The topological polar surface area (TPSA) is 38.3 Å². The van der Waals surface area contributed by atoms with Crippen molar-refractivity contribution in [3.05, 3.63) is 0 Å². The van der Waals surface area contributed by atoms with Crippen LogP contribution in [0.4, 0.5) is 0 Å². The molecule has 10 heavy (non-hydrogen) atoms. The van der Waals surface area contributed by atoms with Crippen LogP contribution in [0.3, 0.4) is 0 Å². The molecule has 1 rings (SSSR count). The van der Waals surface area contributed by atoms with Gasteiger partial charge in [0.25, 0.3) is 0 Å². The van der Waals surface area contributed by atoms with E-state index in [1.54, 1.807) is 0 Å². The van der Waals surface area contributed by atoms with Gasteiger partial charge in [0.05, 0.1) is 0 Å². The minimum absolute atomic E-state index is 0.0417. The zero-order chi connectivity index (χ0) is 7.40. The lowest BCUT2D eigenvalue weighted by Crippen LogP contribution is -2.33. The molecule has 58 valence electrons. The highest BCUT2D eigenvalue weighted by Crippen LogP contribution is 2.01. The van der Waals surface area contributed by atoms with E-state index < -0.39 is 0 Å². The van der Waals surface area contributed by atoms with Crippen molar-refractivity contribution in [1.82, 2.24) is 5.32 Å². The Labute approximate surface area is 60.7 Å². The molecule has 1 unspecified atom stereocenters. The maximum absolute atomic E-state index is 11.0. The first kappa shape index (κ1) is 7.54. The second kappa shape index (κ2) is 3.56. The van der Waals surface area contributed by atoms with Gasteiger partial charge in [0, 0.05) is 13.2 Å². The van der Waals surface area contributed by atoms with Crippen LogP contribution in [0.1, 0.15) is 19.8 Å². The van der Waals surface area contributed by atoms with Gasteiger partial charge in [0.1, 0.15) is 6.10 Å². The van der Waals surface area contributed by atoms with Crippen LogP contribution in [-0.2, 0) is 9.53 Å². The molecule has 0 aromatic carbocycles. The van der Waals surface area contributed by atoms with Gasteiger partial charge in [-0.15, -0.1) is 0 Å². The van der Waals surface area contributed by atoms with Crippen molar-refractivity contribution in [1.29, 1.82) is 0 Å². The Balaban J connectivity index is 2.43. The van der Waals surface area contributed by atoms with Crippen molar-refractivity contribution < 1.29 is 9.53 Å². The smallest absolute Gasteiger partial charge is 0.249 e. The minimum Gasteiger partial charge on any atom is -0.368 e. The van der Waals surface area contributed by atoms with Gasteiger partial charge in [-0.3, -0.25) is 4.79 Å². The van der Waals surface area contributed by atoms with Gasteiger partial charge in [0.15, 0.2) is 0 Å². The highest BCUT2D eigenvalue weighted by atomic mass is 16.5. The van der Waals surface area contributed by atoms with Crippen molar-refractivity contribution in [3.8, 4) is 0 Å². The van der Waals surface area contributed by atoms with Crippen LogP contribution in [0.25, 0.3) is 0 Å². The predicted octanol–water partition coefficient (Wildman–Crippen LogP) is 0.301. The number of amides is 1. The molecule has 0 bridgehead atoms. The Bertz CT molecular complexity index is 125. The summed E-state index contributed by atoms with van der Waals surface area (Å²) in [5.74, 6) is 0.0417. The Hall–Kier alpha value is -0.570. The summed E-state index contributed by atoms with van der Waals surface area (Å²) in [4.78, 5) is 11.0. The number of ether oxygens (including phenoxy) is 1. The van der Waals surface area contributed by atoms with Gasteiger partial charge in [-0.2, -0.15) is 0 Å². The van der Waals surface area contributed by atoms with E-state index in [9.17, 15) is 4.79 Å². The molecule has 1 heterocycles. The summed E-state index contributed by atoms with van der Waals surface area (Å²) >= 11 is 0. The monoisotopic (exact) mass is 143 g/mol. The maximum Gasteiger partial charge on any atom is 0.249 e. The van der Waals surface area contributed by atoms with Crippen molar-refractivity contribution in [2.75, 3.05) is 13.2 Å². The largest absolute Gasteiger partial charge is 0.368 e. The van der Waals surface area contributed by atoms with Crippen molar-refractivity contribution >= 4 is 5.91 Å². The first-order valence-corrected chi connectivity index (χ1v) is 3.74. The second-order valence-corrected chi connectivity index (χ2v) is 2.41. The van der Waals surface area contributed by atoms with Crippen LogP contribution >= 0.6 is 0 Å². The van der Waals surface area contributed by atoms with Gasteiger partial charge in [0.2, 0.25) is 5.91 Å². The molecular weight excluding hydrogens is 130 g/mol. The fourth-order valence-corrected chi connectivity index (χ4v) is 1.00. The van der Waals surface area contributed by atoms with Crippen molar-refractivity contribution in [3.63, 3.8) is 0 Å². The summed E-state index contributed by atoms with van der Waals surface area (Å²) in [5, 5.41) is 2.78. The molecule has 0 spiro atoms. The van der Waals surface area contributed by atoms with Crippen LogP contribution in [0.5, 0.6) is 0 Å². The van der Waals surface area contributed by atoms with Gasteiger partial charge in [-0.1, -0.05) is 6.92 Å². The molecule has 0 aromatic rings. The molecule has 1 aliphatic heterocycles. The van der Waals surface area contributed by atoms with E-state index in [0.717, 1.165) is 19.4 Å². The fourth-order valence-electron chi connectivity index (χ4n) is 1.00. The fraction of sp³-hybridized carbons (Fsp3) is 0.857. The molecule has 0 saturated carbocycles. The average Bonchev–Trinajstić information content (AvgIpc) is 2.13. The van der Waals surface area contributed by atoms with E-state index in [-0.39, 0.29) is 12.0 Å². The van der Waals surface area contributed by atoms with E-state index in [1.807, 2.05) is 6.92 Å². The van der Waals surface area contributed by atoms with E-state index in [1.165, 1.54) is 0 Å². The number of rotatable bonds is 1. The number of carbonyl (C=O) groups excluding carboxylic acids is 1. The van der Waals surface area contributed by atoms with Gasteiger partial charge in [-0.25, -0.2) is 0 Å². The second-order valence-electron chi connectivity index (χ2n) is 2.41. The lowest BCUT2D eigenvalue weighted by atomic mass is 10.2. The maximum atomic E-state index is 11.0. The molecule has 0 aliphatic carbocycles. The molecule has 3 nitrogen and oxygen atoms in total. The SMILES string of the molecule is CCC1OCCCNC1=O. The Morgan fingerprint density at radius 3 is 3.30 bits per heavy atom. The number of hydrogen-bond acceptors (Lipinski definition) is 2. The molecule has 1 atom stereocenters. The summed E-state index contributed by atoms with van der Waals surface area (Å²) in [6.07, 6.45) is 1.50. The molecular formula is C7H13NO2. The van der Waals surface area contributed by atoms with Crippen LogP contribution in [0.15, 0.2) is 0 Å². The third kappa shape index (κ3) is 1.70. The summed E-state index contributed by atoms with van der Waals surface area (Å²) in [5.41, 5.74) is 0. The lowest BCUT2D eigenvalue weighted by Gasteiger charge is -2.09. The van der Waals surface area contributed by atoms with Crippen LogP contribution in [0, 0.1) is 0 Å². The predicted molar refractivity (Wildman–Crippen MR) is 37.7 cm³/mol.